The second-order valence-corrected chi connectivity index (χ2v) is 7.71. The number of rotatable bonds is 6. The molecule has 116 valence electrons. The van der Waals surface area contributed by atoms with E-state index < -0.39 is 8.56 Å². The molecule has 0 aromatic rings. The molecule has 19 heavy (non-hydrogen) atoms. The van der Waals surface area contributed by atoms with E-state index in [1.807, 2.05) is 0 Å². The normalized spacial score (nSPS) is 14.2. The average molecular weight is 466 g/mol. The van der Waals surface area contributed by atoms with Gasteiger partial charge in [0, 0.05) is 19.8 Å². The van der Waals surface area contributed by atoms with E-state index in [1.54, 1.807) is 14.2 Å². The van der Waals surface area contributed by atoms with Gasteiger partial charge in [-0.3, -0.25) is 6.08 Å². The van der Waals surface area contributed by atoms with Gasteiger partial charge in [-0.1, -0.05) is 19.8 Å². The van der Waals surface area contributed by atoms with Crippen LogP contribution in [0.5, 0.6) is 0 Å². The quantitative estimate of drug-likeness (QED) is 0.423. The molecular weight excluding hydrogens is 435 g/mol. The van der Waals surface area contributed by atoms with Gasteiger partial charge in [0.25, 0.3) is 0 Å². The monoisotopic (exact) mass is 465 g/mol. The van der Waals surface area contributed by atoms with E-state index >= 15 is 0 Å². The first-order valence-electron chi connectivity index (χ1n) is 5.52. The summed E-state index contributed by atoms with van der Waals surface area (Å²) >= 11 is 0. The molecule has 1 aliphatic carbocycles. The van der Waals surface area contributed by atoms with Crippen LogP contribution < -0.4 is 0 Å². The van der Waals surface area contributed by atoms with E-state index in [4.69, 9.17) is 8.85 Å². The molecule has 1 unspecified atom stereocenters. The predicted molar refractivity (Wildman–Crippen MR) is 84.0 cm³/mol. The fourth-order valence-corrected chi connectivity index (χ4v) is 4.14. The third-order valence-corrected chi connectivity index (χ3v) is 6.99. The van der Waals surface area contributed by atoms with Gasteiger partial charge in [0.1, 0.15) is 0 Å². The van der Waals surface area contributed by atoms with Gasteiger partial charge >= 0.3 is 29.6 Å². The first-order valence-corrected chi connectivity index (χ1v) is 7.92. The van der Waals surface area contributed by atoms with Crippen LogP contribution in [0.1, 0.15) is 26.2 Å². The largest absolute Gasteiger partial charge is 4.00 e. The summed E-state index contributed by atoms with van der Waals surface area (Å²) in [5.41, 5.74) is 1.83. The molecule has 0 saturated heterocycles. The van der Waals surface area contributed by atoms with Crippen LogP contribution in [-0.4, -0.2) is 22.8 Å². The Bertz CT molecular complexity index is 261. The van der Waals surface area contributed by atoms with Crippen molar-refractivity contribution in [1.82, 2.24) is 0 Å². The average Bonchev–Trinajstić information content (AvgIpc) is 2.77. The summed E-state index contributed by atoms with van der Waals surface area (Å²) in [5, 5.41) is 0. The molecule has 0 N–H and O–H groups in total. The minimum Gasteiger partial charge on any atom is -0.398 e. The van der Waals surface area contributed by atoms with Crippen molar-refractivity contribution >= 4 is 8.56 Å². The maximum atomic E-state index is 5.60. The molecule has 2 nitrogen and oxygen atoms in total. The van der Waals surface area contributed by atoms with Gasteiger partial charge in [-0.25, -0.2) is 11.6 Å². The Morgan fingerprint density at radius 1 is 1.26 bits per heavy atom. The summed E-state index contributed by atoms with van der Waals surface area (Å²) in [4.78, 5) is 0. The van der Waals surface area contributed by atoms with Gasteiger partial charge in [-0.05, 0) is 6.55 Å². The van der Waals surface area contributed by atoms with E-state index in [0.717, 1.165) is 19.3 Å². The smallest absolute Gasteiger partial charge is 0.398 e. The summed E-state index contributed by atoms with van der Waals surface area (Å²) in [6, 6.07) is 0. The summed E-state index contributed by atoms with van der Waals surface area (Å²) in [6.07, 6.45) is 10.8. The second-order valence-electron chi connectivity index (χ2n) is 4.04. The minimum absolute atomic E-state index is 0. The zero-order chi connectivity index (χ0) is 11.3. The Balaban J connectivity index is -0.000000281. The fraction of sp³-hybridized carbons (Fsp3) is 0.533. The van der Waals surface area contributed by atoms with E-state index in [1.165, 1.54) is 5.57 Å². The Hall–Kier alpha value is 0.305. The van der Waals surface area contributed by atoms with E-state index in [-0.39, 0.29) is 43.3 Å². The van der Waals surface area contributed by atoms with Crippen molar-refractivity contribution in [3.8, 4) is 0 Å². The SMILES string of the molecule is CCC(CC1=[C-]CC=C1)[Si](C)(OC)OC.[CH3-].[CH3-].[CH3-].[Pt+4]. The first kappa shape index (κ1) is 27.6. The molecule has 1 rings (SSSR count). The third kappa shape index (κ3) is 7.60. The molecule has 0 saturated carbocycles. The molecule has 0 spiro atoms. The molecule has 0 aromatic heterocycles. The van der Waals surface area contributed by atoms with Crippen molar-refractivity contribution in [2.24, 2.45) is 0 Å². The molecule has 0 amide bonds. The van der Waals surface area contributed by atoms with Gasteiger partial charge in [0.2, 0.25) is 0 Å². The summed E-state index contributed by atoms with van der Waals surface area (Å²) in [5.74, 6) is 0. The Morgan fingerprint density at radius 2 is 1.79 bits per heavy atom. The molecular formula is C15H30O2PtSi. The van der Waals surface area contributed by atoms with Gasteiger partial charge in [0.05, 0.1) is 0 Å². The molecule has 0 aromatic carbocycles. The summed E-state index contributed by atoms with van der Waals surface area (Å²) in [6.45, 7) is 4.34. The molecule has 0 heterocycles. The number of hydrogen-bond acceptors (Lipinski definition) is 2. The Labute approximate surface area is 137 Å². The van der Waals surface area contributed by atoms with Gasteiger partial charge < -0.3 is 31.1 Å². The van der Waals surface area contributed by atoms with Crippen LogP contribution in [0, 0.1) is 28.4 Å². The van der Waals surface area contributed by atoms with Crippen LogP contribution in [0.25, 0.3) is 0 Å². The minimum atomic E-state index is -1.99. The number of hydrogen-bond donors (Lipinski definition) is 0. The van der Waals surface area contributed by atoms with Crippen LogP contribution in [0.15, 0.2) is 17.7 Å². The van der Waals surface area contributed by atoms with Crippen LogP contribution in [0.4, 0.5) is 0 Å². The van der Waals surface area contributed by atoms with Crippen LogP contribution in [-0.2, 0) is 29.9 Å². The summed E-state index contributed by atoms with van der Waals surface area (Å²) < 4.78 is 11.2. The maximum Gasteiger partial charge on any atom is 4.00 e. The van der Waals surface area contributed by atoms with E-state index in [9.17, 15) is 0 Å². The molecule has 1 aliphatic rings. The van der Waals surface area contributed by atoms with E-state index in [0.29, 0.717) is 5.54 Å². The molecule has 0 aliphatic heterocycles. The van der Waals surface area contributed by atoms with Gasteiger partial charge in [0.15, 0.2) is 0 Å². The standard InChI is InChI=1S/C12H21O2Si.3CH3.Pt/c1-5-12(15(4,13-2)14-3)10-11-8-6-7-9-11;;;;/h6,8,12H,5,7,10H2,1-4H3;3*1H3;/q4*-1;+4. The number of allylic oxidation sites excluding steroid dienone is 4. The van der Waals surface area contributed by atoms with Crippen molar-refractivity contribution in [3.63, 3.8) is 0 Å². The fourth-order valence-electron chi connectivity index (χ4n) is 1.97. The molecule has 0 bridgehead atoms. The van der Waals surface area contributed by atoms with Crippen molar-refractivity contribution in [3.05, 3.63) is 46.1 Å². The van der Waals surface area contributed by atoms with E-state index in [2.05, 4.69) is 31.7 Å². The van der Waals surface area contributed by atoms with Crippen LogP contribution >= 0.6 is 0 Å². The van der Waals surface area contributed by atoms with Gasteiger partial charge in [-0.15, -0.1) is 6.42 Å². The van der Waals surface area contributed by atoms with Crippen molar-refractivity contribution < 1.29 is 29.9 Å². The zero-order valence-corrected chi connectivity index (χ0v) is 16.8. The molecule has 0 fully saturated rings. The first-order chi connectivity index (χ1) is 7.16. The summed E-state index contributed by atoms with van der Waals surface area (Å²) in [7, 11) is 1.54. The second kappa shape index (κ2) is 13.3. The van der Waals surface area contributed by atoms with Crippen molar-refractivity contribution in [1.29, 1.82) is 0 Å². The Kier molecular flexibility index (Phi) is 19.3. The van der Waals surface area contributed by atoms with Crippen LogP contribution in [0.2, 0.25) is 12.1 Å². The van der Waals surface area contributed by atoms with Gasteiger partial charge in [-0.2, -0.15) is 6.08 Å². The molecule has 0 radical (unpaired) electrons. The molecule has 4 heteroatoms. The van der Waals surface area contributed by atoms with Crippen molar-refractivity contribution in [2.45, 2.75) is 38.3 Å². The Morgan fingerprint density at radius 3 is 2.11 bits per heavy atom. The topological polar surface area (TPSA) is 18.5 Å². The molecule has 1 atom stereocenters. The maximum absolute atomic E-state index is 5.60. The zero-order valence-electron chi connectivity index (χ0n) is 13.5. The van der Waals surface area contributed by atoms with Crippen molar-refractivity contribution in [2.75, 3.05) is 14.2 Å². The third-order valence-electron chi connectivity index (χ3n) is 3.28. The van der Waals surface area contributed by atoms with Crippen LogP contribution in [0.3, 0.4) is 0 Å². The predicted octanol–water partition coefficient (Wildman–Crippen LogP) is 4.56.